The summed E-state index contributed by atoms with van der Waals surface area (Å²) in [5.41, 5.74) is -0.929. The summed E-state index contributed by atoms with van der Waals surface area (Å²) in [6.07, 6.45) is 0.930. The van der Waals surface area contributed by atoms with Gasteiger partial charge in [0, 0.05) is 31.2 Å². The van der Waals surface area contributed by atoms with Gasteiger partial charge in [-0.2, -0.15) is 0 Å². The maximum Gasteiger partial charge on any atom is 0.191 e. The van der Waals surface area contributed by atoms with Crippen LogP contribution in [0, 0.1) is 0 Å². The van der Waals surface area contributed by atoms with Gasteiger partial charge in [0.1, 0.15) is 5.60 Å². The van der Waals surface area contributed by atoms with Gasteiger partial charge in [0.2, 0.25) is 0 Å². The topological polar surface area (TPSA) is 65.9 Å². The Labute approximate surface area is 154 Å². The molecule has 22 heavy (non-hydrogen) atoms. The molecule has 1 unspecified atom stereocenters. The predicted molar refractivity (Wildman–Crippen MR) is 104 cm³/mol. The number of ether oxygens (including phenoxy) is 1. The number of thiophene rings is 1. The van der Waals surface area contributed by atoms with Gasteiger partial charge in [-0.3, -0.25) is 0 Å². The molecule has 1 atom stereocenters. The first-order chi connectivity index (χ1) is 10.1. The van der Waals surface area contributed by atoms with E-state index >= 15 is 0 Å². The molecule has 7 heteroatoms. The average Bonchev–Trinajstić information content (AvgIpc) is 2.99. The molecule has 0 saturated heterocycles. The van der Waals surface area contributed by atoms with Gasteiger partial charge in [-0.1, -0.05) is 6.07 Å². The van der Waals surface area contributed by atoms with Gasteiger partial charge >= 0.3 is 0 Å². The lowest BCUT2D eigenvalue weighted by Crippen LogP contribution is -2.39. The Morgan fingerprint density at radius 1 is 1.41 bits per heavy atom. The quantitative estimate of drug-likeness (QED) is 0.239. The molecule has 0 aliphatic rings. The van der Waals surface area contributed by atoms with Gasteiger partial charge in [0.05, 0.1) is 6.54 Å². The maximum atomic E-state index is 10.5. The van der Waals surface area contributed by atoms with Crippen molar-refractivity contribution in [3.05, 3.63) is 22.4 Å². The predicted octanol–water partition coefficient (Wildman–Crippen LogP) is 2.56. The normalized spacial score (nSPS) is 14.1. The van der Waals surface area contributed by atoms with Gasteiger partial charge in [-0.15, -0.1) is 35.3 Å². The second kappa shape index (κ2) is 12.1. The molecular weight excluding hydrogens is 413 g/mol. The monoisotopic (exact) mass is 441 g/mol. The van der Waals surface area contributed by atoms with Gasteiger partial charge in [0.25, 0.3) is 0 Å². The Kier molecular flexibility index (Phi) is 11.9. The van der Waals surface area contributed by atoms with Crippen molar-refractivity contribution in [2.45, 2.75) is 32.8 Å². The summed E-state index contributed by atoms with van der Waals surface area (Å²) >= 11 is 1.55. The first-order valence-corrected chi connectivity index (χ1v) is 8.34. The van der Waals surface area contributed by atoms with E-state index in [1.54, 1.807) is 18.3 Å². The van der Waals surface area contributed by atoms with E-state index in [1.165, 1.54) is 0 Å². The highest BCUT2D eigenvalue weighted by Gasteiger charge is 2.23. The van der Waals surface area contributed by atoms with Crippen LogP contribution in [0.15, 0.2) is 22.5 Å². The fraction of sp³-hybridized carbons (Fsp3) is 0.667. The summed E-state index contributed by atoms with van der Waals surface area (Å²) in [5, 5.41) is 18.9. The van der Waals surface area contributed by atoms with Crippen molar-refractivity contribution in [1.29, 1.82) is 0 Å². The van der Waals surface area contributed by atoms with Crippen LogP contribution in [0.5, 0.6) is 0 Å². The van der Waals surface area contributed by atoms with Crippen molar-refractivity contribution in [3.8, 4) is 0 Å². The van der Waals surface area contributed by atoms with E-state index in [0.29, 0.717) is 6.54 Å². The largest absolute Gasteiger partial charge is 0.383 e. The van der Waals surface area contributed by atoms with Crippen LogP contribution in [-0.2, 0) is 10.3 Å². The van der Waals surface area contributed by atoms with E-state index in [-0.39, 0.29) is 24.0 Å². The average molecular weight is 441 g/mol. The van der Waals surface area contributed by atoms with Crippen molar-refractivity contribution in [2.24, 2.45) is 4.99 Å². The molecule has 128 valence electrons. The Balaban J connectivity index is 0.00000441. The van der Waals surface area contributed by atoms with Crippen LogP contribution in [0.2, 0.25) is 0 Å². The molecule has 0 aromatic carbocycles. The molecule has 3 N–H and O–H groups in total. The van der Waals surface area contributed by atoms with Crippen molar-refractivity contribution in [3.63, 3.8) is 0 Å². The standard InChI is InChI=1S/C15H27N3O2S.HI/c1-4-16-14(17-9-7-10-20-5-2)18-12-15(3,19)13-8-6-11-21-13;/h6,8,11,19H,4-5,7,9-10,12H2,1-3H3,(H2,16,17,18);1H. The zero-order chi connectivity index (χ0) is 15.6. The number of halogens is 1. The molecule has 1 rings (SSSR count). The molecular formula is C15H28IN3O2S. The first kappa shape index (κ1) is 21.6. The summed E-state index contributed by atoms with van der Waals surface area (Å²) in [6.45, 7) is 9.22. The number of rotatable bonds is 9. The second-order valence-corrected chi connectivity index (χ2v) is 5.87. The lowest BCUT2D eigenvalue weighted by molar-refractivity contribution is 0.0711. The van der Waals surface area contributed by atoms with Gasteiger partial charge in [-0.05, 0) is 38.6 Å². The molecule has 1 heterocycles. The van der Waals surface area contributed by atoms with Gasteiger partial charge < -0.3 is 20.5 Å². The molecule has 0 amide bonds. The molecule has 0 fully saturated rings. The Morgan fingerprint density at radius 3 is 2.77 bits per heavy atom. The minimum absolute atomic E-state index is 0. The Bertz CT molecular complexity index is 411. The molecule has 0 radical (unpaired) electrons. The van der Waals surface area contributed by atoms with Gasteiger partial charge in [0.15, 0.2) is 5.96 Å². The third-order valence-electron chi connectivity index (χ3n) is 2.90. The molecule has 0 aliphatic heterocycles. The molecule has 0 saturated carbocycles. The minimum atomic E-state index is -0.929. The third-order valence-corrected chi connectivity index (χ3v) is 4.03. The molecule has 1 aromatic heterocycles. The number of hydrogen-bond acceptors (Lipinski definition) is 4. The van der Waals surface area contributed by atoms with E-state index in [1.807, 2.05) is 31.4 Å². The highest BCUT2D eigenvalue weighted by atomic mass is 127. The van der Waals surface area contributed by atoms with Crippen LogP contribution in [0.1, 0.15) is 32.1 Å². The van der Waals surface area contributed by atoms with Crippen LogP contribution in [0.3, 0.4) is 0 Å². The fourth-order valence-corrected chi connectivity index (χ4v) is 2.54. The lowest BCUT2D eigenvalue weighted by atomic mass is 10.1. The van der Waals surface area contributed by atoms with Crippen molar-refractivity contribution in [1.82, 2.24) is 10.6 Å². The number of hydrogen-bond donors (Lipinski definition) is 3. The number of guanidine groups is 1. The summed E-state index contributed by atoms with van der Waals surface area (Å²) in [6, 6.07) is 3.87. The van der Waals surface area contributed by atoms with Crippen LogP contribution >= 0.6 is 35.3 Å². The first-order valence-electron chi connectivity index (χ1n) is 7.46. The maximum absolute atomic E-state index is 10.5. The third kappa shape index (κ3) is 8.30. The van der Waals surface area contributed by atoms with Crippen LogP contribution < -0.4 is 10.6 Å². The number of aliphatic hydroxyl groups is 1. The van der Waals surface area contributed by atoms with E-state index < -0.39 is 5.60 Å². The van der Waals surface area contributed by atoms with E-state index in [4.69, 9.17) is 4.74 Å². The van der Waals surface area contributed by atoms with Crippen molar-refractivity contribution < 1.29 is 9.84 Å². The van der Waals surface area contributed by atoms with Crippen LogP contribution in [-0.4, -0.2) is 43.9 Å². The number of nitrogens with one attached hydrogen (secondary N) is 2. The lowest BCUT2D eigenvalue weighted by Gasteiger charge is -2.20. The molecule has 0 spiro atoms. The Morgan fingerprint density at radius 2 is 2.18 bits per heavy atom. The molecule has 1 aromatic rings. The zero-order valence-electron chi connectivity index (χ0n) is 13.6. The van der Waals surface area contributed by atoms with Crippen LogP contribution in [0.4, 0.5) is 0 Å². The molecule has 0 bridgehead atoms. The Hall–Kier alpha value is -0.380. The SMILES string of the molecule is CCNC(=NCC(C)(O)c1cccs1)NCCCOCC.I. The van der Waals surface area contributed by atoms with E-state index in [9.17, 15) is 5.11 Å². The summed E-state index contributed by atoms with van der Waals surface area (Å²) in [5.74, 6) is 0.728. The number of nitrogens with zero attached hydrogens (tertiary/aromatic N) is 1. The number of aliphatic imine (C=N–C) groups is 1. The fourth-order valence-electron chi connectivity index (χ4n) is 1.76. The summed E-state index contributed by atoms with van der Waals surface area (Å²) in [7, 11) is 0. The van der Waals surface area contributed by atoms with Crippen LogP contribution in [0.25, 0.3) is 0 Å². The zero-order valence-corrected chi connectivity index (χ0v) is 16.7. The highest BCUT2D eigenvalue weighted by Crippen LogP contribution is 2.25. The van der Waals surface area contributed by atoms with E-state index in [0.717, 1.165) is 43.6 Å². The molecule has 0 aliphatic carbocycles. The highest BCUT2D eigenvalue weighted by molar-refractivity contribution is 14.0. The summed E-state index contributed by atoms with van der Waals surface area (Å²) < 4.78 is 5.30. The van der Waals surface area contributed by atoms with E-state index in [2.05, 4.69) is 15.6 Å². The van der Waals surface area contributed by atoms with Crippen molar-refractivity contribution >= 4 is 41.3 Å². The minimum Gasteiger partial charge on any atom is -0.383 e. The smallest absolute Gasteiger partial charge is 0.191 e. The van der Waals surface area contributed by atoms with Crippen molar-refractivity contribution in [2.75, 3.05) is 32.8 Å². The molecule has 5 nitrogen and oxygen atoms in total. The summed E-state index contributed by atoms with van der Waals surface area (Å²) in [4.78, 5) is 5.40. The van der Waals surface area contributed by atoms with Gasteiger partial charge in [-0.25, -0.2) is 4.99 Å². The second-order valence-electron chi connectivity index (χ2n) is 4.92.